The molecule has 1 heterocycles. The van der Waals surface area contributed by atoms with Crippen LogP contribution in [-0.4, -0.2) is 17.0 Å². The highest BCUT2D eigenvalue weighted by Gasteiger charge is 2.39. The smallest absolute Gasteiger partial charge is 0.127 e. The van der Waals surface area contributed by atoms with E-state index in [1.807, 2.05) is 0 Å². The zero-order valence-corrected chi connectivity index (χ0v) is 33.8. The highest BCUT2D eigenvalue weighted by Crippen LogP contribution is 2.48. The largest absolute Gasteiger partial charge is 0.485 e. The summed E-state index contributed by atoms with van der Waals surface area (Å²) in [6.07, 6.45) is 61.1. The molecule has 10 aliphatic rings. The summed E-state index contributed by atoms with van der Waals surface area (Å²) in [5.74, 6) is 2.27. The first-order valence-electron chi connectivity index (χ1n) is 22.4. The first kappa shape index (κ1) is 35.8. The molecule has 1 aromatic rings. The lowest BCUT2D eigenvalue weighted by molar-refractivity contribution is 0.175. The van der Waals surface area contributed by atoms with Crippen LogP contribution in [0.3, 0.4) is 0 Å². The van der Waals surface area contributed by atoms with Crippen molar-refractivity contribution < 1.29 is 4.74 Å². The van der Waals surface area contributed by atoms with Gasteiger partial charge in [-0.3, -0.25) is 0 Å². The third-order valence-electron chi connectivity index (χ3n) is 14.3. The van der Waals surface area contributed by atoms with E-state index in [1.165, 1.54) is 76.1 Å². The Hall–Kier alpha value is -5.34. The zero-order chi connectivity index (χ0) is 38.4. The van der Waals surface area contributed by atoms with Gasteiger partial charge >= 0.3 is 0 Å². The molecule has 58 heavy (non-hydrogen) atoms. The molecule has 0 amide bonds. The van der Waals surface area contributed by atoms with Gasteiger partial charge in [0.05, 0.1) is 6.04 Å². The van der Waals surface area contributed by atoms with Crippen LogP contribution in [0.5, 0.6) is 0 Å². The predicted molar refractivity (Wildman–Crippen MR) is 240 cm³/mol. The van der Waals surface area contributed by atoms with E-state index in [-0.39, 0.29) is 6.10 Å². The molecule has 1 aromatic carbocycles. The molecule has 2 nitrogen and oxygen atoms in total. The van der Waals surface area contributed by atoms with Gasteiger partial charge in [0.25, 0.3) is 0 Å². The molecule has 290 valence electrons. The summed E-state index contributed by atoms with van der Waals surface area (Å²) in [5, 5.41) is 0. The van der Waals surface area contributed by atoms with Crippen molar-refractivity contribution in [2.45, 2.75) is 95.6 Å². The van der Waals surface area contributed by atoms with Crippen molar-refractivity contribution in [3.8, 4) is 0 Å². The first-order valence-corrected chi connectivity index (χ1v) is 22.4. The maximum absolute atomic E-state index is 6.71. The van der Waals surface area contributed by atoms with Crippen LogP contribution in [0.15, 0.2) is 213 Å². The van der Waals surface area contributed by atoms with Crippen LogP contribution >= 0.6 is 0 Å². The predicted octanol–water partition coefficient (Wildman–Crippen LogP) is 13.8. The highest BCUT2D eigenvalue weighted by molar-refractivity contribution is 5.80. The van der Waals surface area contributed by atoms with Crippen LogP contribution in [0.4, 0.5) is 0 Å². The van der Waals surface area contributed by atoms with Crippen molar-refractivity contribution in [3.63, 3.8) is 0 Å². The summed E-state index contributed by atoms with van der Waals surface area (Å²) in [7, 11) is 0. The number of rotatable bonds is 7. The minimum Gasteiger partial charge on any atom is -0.485 e. The van der Waals surface area contributed by atoms with E-state index >= 15 is 0 Å². The Balaban J connectivity index is 0.859. The van der Waals surface area contributed by atoms with Crippen LogP contribution in [0, 0.1) is 17.8 Å². The van der Waals surface area contributed by atoms with E-state index in [0.717, 1.165) is 63.5 Å². The maximum atomic E-state index is 6.71. The van der Waals surface area contributed by atoms with Gasteiger partial charge < -0.3 is 9.64 Å². The minimum atomic E-state index is 0.103. The van der Waals surface area contributed by atoms with Gasteiger partial charge in [-0.2, -0.15) is 0 Å². The Morgan fingerprint density at radius 2 is 1.45 bits per heavy atom. The normalized spacial score (nSPS) is 29.6. The molecular formula is C56H55NO. The van der Waals surface area contributed by atoms with Gasteiger partial charge in [0, 0.05) is 34.7 Å². The lowest BCUT2D eigenvalue weighted by Gasteiger charge is -2.40. The average Bonchev–Trinajstić information content (AvgIpc) is 3.68. The number of benzene rings is 1. The third-order valence-corrected chi connectivity index (χ3v) is 14.3. The molecule has 5 unspecified atom stereocenters. The van der Waals surface area contributed by atoms with Crippen molar-refractivity contribution in [1.29, 1.82) is 0 Å². The molecule has 0 aromatic heterocycles. The van der Waals surface area contributed by atoms with E-state index in [9.17, 15) is 0 Å². The monoisotopic (exact) mass is 757 g/mol. The molecule has 0 saturated heterocycles. The average molecular weight is 758 g/mol. The molecule has 11 rings (SSSR count). The highest BCUT2D eigenvalue weighted by atomic mass is 16.5. The van der Waals surface area contributed by atoms with E-state index in [1.54, 1.807) is 22.3 Å². The Bertz CT molecular complexity index is 2410. The van der Waals surface area contributed by atoms with Gasteiger partial charge in [-0.25, -0.2) is 0 Å². The van der Waals surface area contributed by atoms with Crippen molar-refractivity contribution in [1.82, 2.24) is 4.90 Å². The number of hydrogen-bond donors (Lipinski definition) is 0. The number of nitrogens with zero attached hydrogens (tertiary/aromatic N) is 1. The van der Waals surface area contributed by atoms with Gasteiger partial charge in [-0.1, -0.05) is 128 Å². The standard InChI is InChI=1S/C56H55NO/c1-3-11-38(12-4-1)43-16-9-17-44(35-43)39-23-28-47(29-24-39)57(49-32-33-51-46(36-49)22-21-42-15-7-8-18-50(42)51)48-30-25-40(26-31-48)45-27-34-55-54(37-45)53-20-10-19-52(56(53)58-55)41-13-5-2-6-14-41/h2-3,5-7,9,11-16,19,23-25,27-28,30-31,34-37,40,44,47,54-55H,1,4,8,10,17-18,20-22,26,29,32-33H2. The number of hydrogen-bond acceptors (Lipinski definition) is 2. The Morgan fingerprint density at radius 3 is 2.31 bits per heavy atom. The van der Waals surface area contributed by atoms with E-state index in [4.69, 9.17) is 4.74 Å². The van der Waals surface area contributed by atoms with Crippen molar-refractivity contribution in [2.24, 2.45) is 17.8 Å². The Labute approximate surface area is 345 Å². The zero-order valence-electron chi connectivity index (χ0n) is 33.8. The van der Waals surface area contributed by atoms with Gasteiger partial charge in [0.15, 0.2) is 0 Å². The molecule has 0 fully saturated rings. The molecular weight excluding hydrogens is 703 g/mol. The lowest BCUT2D eigenvalue weighted by Crippen LogP contribution is -2.34. The van der Waals surface area contributed by atoms with E-state index in [0.29, 0.717) is 23.8 Å². The van der Waals surface area contributed by atoms with Crippen molar-refractivity contribution in [2.75, 3.05) is 0 Å². The summed E-state index contributed by atoms with van der Waals surface area (Å²) in [6.45, 7) is 0. The fourth-order valence-electron chi connectivity index (χ4n) is 11.3. The van der Waals surface area contributed by atoms with E-state index in [2.05, 4.69) is 151 Å². The summed E-state index contributed by atoms with van der Waals surface area (Å²) >= 11 is 0. The van der Waals surface area contributed by atoms with Crippen LogP contribution in [0.25, 0.3) is 5.57 Å². The Morgan fingerprint density at radius 1 is 0.569 bits per heavy atom. The van der Waals surface area contributed by atoms with Crippen LogP contribution < -0.4 is 0 Å². The maximum Gasteiger partial charge on any atom is 0.127 e. The number of ether oxygens (including phenoxy) is 1. The van der Waals surface area contributed by atoms with Gasteiger partial charge in [-0.05, 0) is 157 Å². The van der Waals surface area contributed by atoms with Crippen LogP contribution in [0.2, 0.25) is 0 Å². The van der Waals surface area contributed by atoms with Gasteiger partial charge in [-0.15, -0.1) is 0 Å². The van der Waals surface area contributed by atoms with Gasteiger partial charge in [0.1, 0.15) is 11.9 Å². The van der Waals surface area contributed by atoms with Crippen LogP contribution in [-0.2, 0) is 4.74 Å². The molecule has 0 bridgehead atoms. The molecule has 9 aliphatic carbocycles. The molecule has 1 aliphatic heterocycles. The summed E-state index contributed by atoms with van der Waals surface area (Å²) in [6, 6.07) is 11.1. The molecule has 2 heteroatoms. The molecule has 5 atom stereocenters. The second-order valence-corrected chi connectivity index (χ2v) is 17.7. The molecule has 0 saturated carbocycles. The SMILES string of the molecule is C1=CC(C2=CC(C3=CCC(N(C4=CCC(C5=CC6C7=C(OC6C=C5)C(c5ccccc5)=CCC7)C=C4)C4=CC5=C(CC4)C4=C(C=CCC4)CC5)C=C3)CC=C2)=CCC1. The minimum absolute atomic E-state index is 0.103. The molecule has 0 N–H and O–H groups in total. The summed E-state index contributed by atoms with van der Waals surface area (Å²) < 4.78 is 6.71. The number of fused-ring (bicyclic) bond motifs is 3. The quantitative estimate of drug-likeness (QED) is 0.275. The van der Waals surface area contributed by atoms with Crippen molar-refractivity contribution in [3.05, 3.63) is 219 Å². The second-order valence-electron chi connectivity index (χ2n) is 17.7. The summed E-state index contributed by atoms with van der Waals surface area (Å²) in [4.78, 5) is 2.73. The van der Waals surface area contributed by atoms with Gasteiger partial charge in [0.2, 0.25) is 0 Å². The number of allylic oxidation sites excluding steroid dienone is 25. The lowest BCUT2D eigenvalue weighted by atomic mass is 9.76. The van der Waals surface area contributed by atoms with E-state index < -0.39 is 0 Å². The van der Waals surface area contributed by atoms with Crippen LogP contribution in [0.1, 0.15) is 89.0 Å². The summed E-state index contributed by atoms with van der Waals surface area (Å²) in [5.41, 5.74) is 19.1. The molecule has 0 radical (unpaired) electrons. The van der Waals surface area contributed by atoms with Crippen molar-refractivity contribution >= 4 is 5.57 Å². The Kier molecular flexibility index (Phi) is 9.53. The fourth-order valence-corrected chi connectivity index (χ4v) is 11.3. The third kappa shape index (κ3) is 6.69. The fraction of sp³-hybridized carbons (Fsp3) is 0.321. The second kappa shape index (κ2) is 15.4. The molecule has 0 spiro atoms. The first-order chi connectivity index (χ1) is 28.7. The topological polar surface area (TPSA) is 12.5 Å².